The highest BCUT2D eigenvalue weighted by Gasteiger charge is 2.16. The molecule has 112 valence electrons. The molecule has 0 fully saturated rings. The summed E-state index contributed by atoms with van der Waals surface area (Å²) >= 11 is 0. The van der Waals surface area contributed by atoms with Gasteiger partial charge < -0.3 is 4.74 Å². The van der Waals surface area contributed by atoms with Crippen LogP contribution in [0.4, 0.5) is 4.39 Å². The smallest absolute Gasteiger partial charge is 0.378 e. The SMILES string of the molecule is Cc1cc(C)n2nc(C(=O)OCc3cccc(F)c3)nc2n1. The molecule has 22 heavy (non-hydrogen) atoms. The van der Waals surface area contributed by atoms with Crippen molar-refractivity contribution in [3.63, 3.8) is 0 Å². The van der Waals surface area contributed by atoms with E-state index in [-0.39, 0.29) is 18.2 Å². The van der Waals surface area contributed by atoms with Crippen LogP contribution in [0.15, 0.2) is 30.3 Å². The van der Waals surface area contributed by atoms with Gasteiger partial charge in [-0.05, 0) is 37.6 Å². The normalized spacial score (nSPS) is 10.9. The number of halogens is 1. The van der Waals surface area contributed by atoms with Crippen LogP contribution in [0.3, 0.4) is 0 Å². The van der Waals surface area contributed by atoms with E-state index in [1.807, 2.05) is 19.9 Å². The Bertz CT molecular complexity index is 860. The quantitative estimate of drug-likeness (QED) is 0.694. The average Bonchev–Trinajstić information content (AvgIpc) is 2.89. The van der Waals surface area contributed by atoms with E-state index in [4.69, 9.17) is 4.74 Å². The van der Waals surface area contributed by atoms with Crippen molar-refractivity contribution in [2.45, 2.75) is 20.5 Å². The number of aryl methyl sites for hydroxylation is 2. The Balaban J connectivity index is 1.79. The van der Waals surface area contributed by atoms with Crippen LogP contribution in [0.2, 0.25) is 0 Å². The van der Waals surface area contributed by atoms with Gasteiger partial charge in [0, 0.05) is 11.4 Å². The predicted molar refractivity (Wildman–Crippen MR) is 75.8 cm³/mol. The second kappa shape index (κ2) is 5.51. The minimum Gasteiger partial charge on any atom is -0.455 e. The van der Waals surface area contributed by atoms with E-state index < -0.39 is 5.97 Å². The highest BCUT2D eigenvalue weighted by Crippen LogP contribution is 2.09. The third-order valence-electron chi connectivity index (χ3n) is 3.06. The fraction of sp³-hybridized carbons (Fsp3) is 0.200. The van der Waals surface area contributed by atoms with Crippen LogP contribution in [-0.2, 0) is 11.3 Å². The first kappa shape index (κ1) is 14.1. The van der Waals surface area contributed by atoms with Gasteiger partial charge in [-0.2, -0.15) is 4.98 Å². The maximum Gasteiger partial charge on any atom is 0.378 e. The Morgan fingerprint density at radius 3 is 2.86 bits per heavy atom. The molecule has 2 aromatic heterocycles. The van der Waals surface area contributed by atoms with Gasteiger partial charge in [0.25, 0.3) is 11.6 Å². The van der Waals surface area contributed by atoms with E-state index in [2.05, 4.69) is 15.1 Å². The Morgan fingerprint density at radius 1 is 1.27 bits per heavy atom. The molecule has 3 aromatic rings. The number of carbonyl (C=O) groups excluding carboxylic acids is 1. The van der Waals surface area contributed by atoms with Crippen LogP contribution < -0.4 is 0 Å². The molecule has 0 radical (unpaired) electrons. The van der Waals surface area contributed by atoms with Crippen molar-refractivity contribution in [3.8, 4) is 0 Å². The van der Waals surface area contributed by atoms with Crippen LogP contribution in [0.25, 0.3) is 5.78 Å². The minimum absolute atomic E-state index is 0.0441. The van der Waals surface area contributed by atoms with Gasteiger partial charge in [-0.25, -0.2) is 18.7 Å². The van der Waals surface area contributed by atoms with Crippen LogP contribution in [-0.4, -0.2) is 25.6 Å². The molecule has 6 nitrogen and oxygen atoms in total. The number of hydrogen-bond donors (Lipinski definition) is 0. The third-order valence-corrected chi connectivity index (χ3v) is 3.06. The van der Waals surface area contributed by atoms with E-state index in [0.717, 1.165) is 11.4 Å². The lowest BCUT2D eigenvalue weighted by Gasteiger charge is -2.02. The zero-order chi connectivity index (χ0) is 15.7. The number of carbonyl (C=O) groups is 1. The molecule has 0 bridgehead atoms. The second-order valence-electron chi connectivity index (χ2n) is 4.89. The van der Waals surface area contributed by atoms with Crippen molar-refractivity contribution >= 4 is 11.7 Å². The van der Waals surface area contributed by atoms with E-state index >= 15 is 0 Å². The largest absolute Gasteiger partial charge is 0.455 e. The molecule has 0 aliphatic heterocycles. The number of esters is 1. The predicted octanol–water partition coefficient (Wildman–Crippen LogP) is 2.24. The third kappa shape index (κ3) is 2.78. The van der Waals surface area contributed by atoms with Gasteiger partial charge in [-0.1, -0.05) is 12.1 Å². The van der Waals surface area contributed by atoms with Crippen molar-refractivity contribution in [2.24, 2.45) is 0 Å². The molecule has 0 unspecified atom stereocenters. The first-order valence-corrected chi connectivity index (χ1v) is 6.65. The van der Waals surface area contributed by atoms with Crippen molar-refractivity contribution in [1.82, 2.24) is 19.6 Å². The zero-order valence-electron chi connectivity index (χ0n) is 12.1. The number of fused-ring (bicyclic) bond motifs is 1. The van der Waals surface area contributed by atoms with Crippen LogP contribution in [0, 0.1) is 19.7 Å². The van der Waals surface area contributed by atoms with Crippen LogP contribution in [0.1, 0.15) is 27.6 Å². The van der Waals surface area contributed by atoms with E-state index in [1.54, 1.807) is 12.1 Å². The second-order valence-corrected chi connectivity index (χ2v) is 4.89. The fourth-order valence-corrected chi connectivity index (χ4v) is 2.09. The molecular weight excluding hydrogens is 287 g/mol. The lowest BCUT2D eigenvalue weighted by Crippen LogP contribution is -2.08. The molecule has 3 rings (SSSR count). The number of hydrogen-bond acceptors (Lipinski definition) is 5. The van der Waals surface area contributed by atoms with Crippen molar-refractivity contribution in [3.05, 3.63) is 58.9 Å². The Kier molecular flexibility index (Phi) is 3.54. The van der Waals surface area contributed by atoms with Gasteiger partial charge in [0.15, 0.2) is 0 Å². The first-order valence-electron chi connectivity index (χ1n) is 6.65. The Morgan fingerprint density at radius 2 is 2.09 bits per heavy atom. The fourth-order valence-electron chi connectivity index (χ4n) is 2.09. The summed E-state index contributed by atoms with van der Waals surface area (Å²) in [5.74, 6) is -0.783. The number of nitrogens with zero attached hydrogens (tertiary/aromatic N) is 4. The summed E-state index contributed by atoms with van der Waals surface area (Å²) in [4.78, 5) is 20.2. The molecule has 0 atom stereocenters. The molecule has 0 saturated carbocycles. The Hall–Kier alpha value is -2.83. The summed E-state index contributed by atoms with van der Waals surface area (Å²) in [6.45, 7) is 3.64. The summed E-state index contributed by atoms with van der Waals surface area (Å²) in [5.41, 5.74) is 2.17. The molecule has 1 aromatic carbocycles. The van der Waals surface area contributed by atoms with Crippen LogP contribution >= 0.6 is 0 Å². The van der Waals surface area contributed by atoms with Crippen molar-refractivity contribution in [1.29, 1.82) is 0 Å². The van der Waals surface area contributed by atoms with E-state index in [1.165, 1.54) is 16.6 Å². The molecule has 7 heteroatoms. The van der Waals surface area contributed by atoms with Crippen molar-refractivity contribution < 1.29 is 13.9 Å². The summed E-state index contributed by atoms with van der Waals surface area (Å²) in [5, 5.41) is 4.08. The summed E-state index contributed by atoms with van der Waals surface area (Å²) in [6, 6.07) is 7.69. The topological polar surface area (TPSA) is 69.4 Å². The lowest BCUT2D eigenvalue weighted by atomic mass is 10.2. The van der Waals surface area contributed by atoms with Gasteiger partial charge >= 0.3 is 5.97 Å². The maximum absolute atomic E-state index is 13.1. The highest BCUT2D eigenvalue weighted by atomic mass is 19.1. The summed E-state index contributed by atoms with van der Waals surface area (Å²) in [6.07, 6.45) is 0. The van der Waals surface area contributed by atoms with Gasteiger partial charge in [0.05, 0.1) is 0 Å². The van der Waals surface area contributed by atoms with Gasteiger partial charge in [0.1, 0.15) is 12.4 Å². The zero-order valence-corrected chi connectivity index (χ0v) is 12.1. The number of ether oxygens (including phenoxy) is 1. The van der Waals surface area contributed by atoms with Gasteiger partial charge in [0.2, 0.25) is 0 Å². The van der Waals surface area contributed by atoms with Gasteiger partial charge in [-0.3, -0.25) is 0 Å². The molecule has 0 spiro atoms. The Labute approximate surface area is 125 Å². The highest BCUT2D eigenvalue weighted by molar-refractivity contribution is 5.85. The minimum atomic E-state index is -0.674. The van der Waals surface area contributed by atoms with Crippen LogP contribution in [0.5, 0.6) is 0 Å². The van der Waals surface area contributed by atoms with Gasteiger partial charge in [-0.15, -0.1) is 5.10 Å². The van der Waals surface area contributed by atoms with E-state index in [0.29, 0.717) is 11.3 Å². The van der Waals surface area contributed by atoms with Crippen molar-refractivity contribution in [2.75, 3.05) is 0 Å². The number of benzene rings is 1. The van der Waals surface area contributed by atoms with E-state index in [9.17, 15) is 9.18 Å². The molecule has 0 aliphatic carbocycles. The molecule has 0 amide bonds. The number of aromatic nitrogens is 4. The lowest BCUT2D eigenvalue weighted by molar-refractivity contribution is 0.0458. The summed E-state index contributed by atoms with van der Waals surface area (Å²) in [7, 11) is 0. The average molecular weight is 300 g/mol. The molecular formula is C15H13FN4O2. The first-order chi connectivity index (χ1) is 10.5. The molecule has 2 heterocycles. The molecule has 0 aliphatic rings. The summed E-state index contributed by atoms with van der Waals surface area (Å²) < 4.78 is 19.6. The number of rotatable bonds is 3. The maximum atomic E-state index is 13.1. The molecule has 0 N–H and O–H groups in total. The monoisotopic (exact) mass is 300 g/mol. The standard InChI is InChI=1S/C15H13FN4O2/c1-9-6-10(2)20-15(17-9)18-13(19-20)14(21)22-8-11-4-3-5-12(16)7-11/h3-7H,8H2,1-2H3. The molecule has 0 saturated heterocycles.